The first-order chi connectivity index (χ1) is 13.2. The lowest BCUT2D eigenvalue weighted by atomic mass is 10.2. The van der Waals surface area contributed by atoms with E-state index < -0.39 is 37.9 Å². The van der Waals surface area contributed by atoms with Crippen molar-refractivity contribution in [3.63, 3.8) is 0 Å². The zero-order valence-electron chi connectivity index (χ0n) is 18.2. The van der Waals surface area contributed by atoms with Gasteiger partial charge in [-0.1, -0.05) is 0 Å². The summed E-state index contributed by atoms with van der Waals surface area (Å²) in [6, 6.07) is 0.0804. The predicted molar refractivity (Wildman–Crippen MR) is 107 cm³/mol. The third-order valence-corrected chi connectivity index (χ3v) is 5.59. The van der Waals surface area contributed by atoms with Crippen molar-refractivity contribution in [2.24, 2.45) is 0 Å². The van der Waals surface area contributed by atoms with Crippen LogP contribution in [0.3, 0.4) is 0 Å². The second-order valence-electron chi connectivity index (χ2n) is 8.89. The van der Waals surface area contributed by atoms with Gasteiger partial charge in [-0.05, 0) is 60.9 Å². The molecular weight excluding hydrogens is 403 g/mol. The molecule has 1 fully saturated rings. The van der Waals surface area contributed by atoms with Gasteiger partial charge in [0.25, 0.3) is 0 Å². The molecular formula is C18H35N2O8P. The van der Waals surface area contributed by atoms with Crippen molar-refractivity contribution in [2.75, 3.05) is 26.4 Å². The van der Waals surface area contributed by atoms with Crippen molar-refractivity contribution >= 4 is 19.9 Å². The number of amides is 1. The zero-order valence-corrected chi connectivity index (χ0v) is 19.1. The van der Waals surface area contributed by atoms with Crippen LogP contribution >= 0.6 is 7.82 Å². The van der Waals surface area contributed by atoms with Gasteiger partial charge in [-0.3, -0.25) is 13.8 Å². The third kappa shape index (κ3) is 11.5. The van der Waals surface area contributed by atoms with E-state index in [9.17, 15) is 14.2 Å². The lowest BCUT2D eigenvalue weighted by Gasteiger charge is -2.31. The fourth-order valence-electron chi connectivity index (χ4n) is 2.64. The van der Waals surface area contributed by atoms with Crippen molar-refractivity contribution in [1.29, 1.82) is 0 Å². The number of hydrogen-bond acceptors (Lipinski definition) is 8. The highest BCUT2D eigenvalue weighted by atomic mass is 31.2. The minimum atomic E-state index is -4.01. The molecule has 0 bridgehead atoms. The van der Waals surface area contributed by atoms with Gasteiger partial charge < -0.3 is 20.1 Å². The van der Waals surface area contributed by atoms with Crippen LogP contribution < -0.4 is 5.32 Å². The average molecular weight is 438 g/mol. The Labute approximate surface area is 172 Å². The molecule has 0 saturated carbocycles. The molecule has 1 unspecified atom stereocenters. The van der Waals surface area contributed by atoms with E-state index in [0.29, 0.717) is 6.54 Å². The first-order valence-corrected chi connectivity index (χ1v) is 11.2. The van der Waals surface area contributed by atoms with Crippen LogP contribution in [0.1, 0.15) is 60.8 Å². The van der Waals surface area contributed by atoms with Crippen molar-refractivity contribution < 1.29 is 37.6 Å². The molecule has 170 valence electrons. The Morgan fingerprint density at radius 1 is 1.14 bits per heavy atom. The topological polar surface area (TPSA) is 124 Å². The summed E-state index contributed by atoms with van der Waals surface area (Å²) in [5, 5.41) is 12.2. The molecule has 0 aliphatic carbocycles. The SMILES string of the molecule is CC(C)(C)OP(=O)(OCOC(=O)N(CCC(=O)O)CC1CCCN1)OC(C)(C)C. The number of nitrogens with zero attached hydrogens (tertiary/aromatic N) is 1. The van der Waals surface area contributed by atoms with Gasteiger partial charge in [0.2, 0.25) is 6.79 Å². The van der Waals surface area contributed by atoms with E-state index in [0.717, 1.165) is 19.4 Å². The summed E-state index contributed by atoms with van der Waals surface area (Å²) < 4.78 is 34.1. The summed E-state index contributed by atoms with van der Waals surface area (Å²) in [6.45, 7) is 10.7. The fraction of sp³-hybridized carbons (Fsp3) is 0.889. The van der Waals surface area contributed by atoms with Crippen molar-refractivity contribution in [3.05, 3.63) is 0 Å². The molecule has 2 N–H and O–H groups in total. The molecule has 11 heteroatoms. The lowest BCUT2D eigenvalue weighted by Crippen LogP contribution is -2.42. The van der Waals surface area contributed by atoms with Gasteiger partial charge in [0.1, 0.15) is 0 Å². The molecule has 0 aromatic heterocycles. The maximum absolute atomic E-state index is 12.9. The Kier molecular flexibility index (Phi) is 9.56. The maximum Gasteiger partial charge on any atom is 0.478 e. The summed E-state index contributed by atoms with van der Waals surface area (Å²) in [5.41, 5.74) is -1.63. The van der Waals surface area contributed by atoms with Crippen molar-refractivity contribution in [1.82, 2.24) is 10.2 Å². The van der Waals surface area contributed by atoms with Crippen LogP contribution in [0.4, 0.5) is 4.79 Å². The molecule has 0 aromatic rings. The van der Waals surface area contributed by atoms with Crippen LogP contribution in [0.2, 0.25) is 0 Å². The molecule has 1 saturated heterocycles. The number of carbonyl (C=O) groups excluding carboxylic acids is 1. The summed E-state index contributed by atoms with van der Waals surface area (Å²) in [5.74, 6) is -1.01. The summed E-state index contributed by atoms with van der Waals surface area (Å²) in [6.07, 6.45) is 0.925. The molecule has 1 aliphatic rings. The highest BCUT2D eigenvalue weighted by Gasteiger charge is 2.37. The normalized spacial score (nSPS) is 17.9. The van der Waals surface area contributed by atoms with E-state index in [2.05, 4.69) is 5.32 Å². The first kappa shape index (κ1) is 25.8. The van der Waals surface area contributed by atoms with Gasteiger partial charge in [-0.25, -0.2) is 13.9 Å². The number of carboxylic acid groups (broad SMARTS) is 1. The molecule has 1 rings (SSSR count). The standard InChI is InChI=1S/C18H35N2O8P/c1-17(2,3)27-29(24,28-18(4,5)6)26-13-25-16(23)20(11-9-15(21)22)12-14-8-7-10-19-14/h14,19H,7-13H2,1-6H3,(H,21,22). The maximum atomic E-state index is 12.9. The van der Waals surface area contributed by atoms with E-state index in [-0.39, 0.29) is 19.0 Å². The first-order valence-electron chi connectivity index (χ1n) is 9.72. The lowest BCUT2D eigenvalue weighted by molar-refractivity contribution is -0.137. The average Bonchev–Trinajstić information content (AvgIpc) is 2.99. The molecule has 0 spiro atoms. The number of ether oxygens (including phenoxy) is 1. The molecule has 1 heterocycles. The van der Waals surface area contributed by atoms with E-state index in [4.69, 9.17) is 23.4 Å². The predicted octanol–water partition coefficient (Wildman–Crippen LogP) is 3.36. The number of carboxylic acids is 1. The van der Waals surface area contributed by atoms with Gasteiger partial charge in [0.05, 0.1) is 17.6 Å². The Balaban J connectivity index is 2.69. The monoisotopic (exact) mass is 438 g/mol. The number of aliphatic carboxylic acids is 1. The number of nitrogens with one attached hydrogen (secondary N) is 1. The van der Waals surface area contributed by atoms with E-state index >= 15 is 0 Å². The van der Waals surface area contributed by atoms with Crippen LogP contribution in [0.15, 0.2) is 0 Å². The Morgan fingerprint density at radius 2 is 1.72 bits per heavy atom. The molecule has 10 nitrogen and oxygen atoms in total. The molecule has 1 amide bonds. The molecule has 1 aliphatic heterocycles. The Morgan fingerprint density at radius 3 is 2.17 bits per heavy atom. The Bertz CT molecular complexity index is 574. The quantitative estimate of drug-likeness (QED) is 0.390. The van der Waals surface area contributed by atoms with E-state index in [1.54, 1.807) is 41.5 Å². The second-order valence-corrected chi connectivity index (χ2v) is 10.4. The number of rotatable bonds is 10. The van der Waals surface area contributed by atoms with Crippen molar-refractivity contribution in [2.45, 2.75) is 78.0 Å². The molecule has 29 heavy (non-hydrogen) atoms. The van der Waals surface area contributed by atoms with Crippen LogP contribution in [-0.4, -0.2) is 65.7 Å². The largest absolute Gasteiger partial charge is 0.481 e. The highest BCUT2D eigenvalue weighted by molar-refractivity contribution is 7.48. The zero-order chi connectivity index (χ0) is 22.3. The summed E-state index contributed by atoms with van der Waals surface area (Å²) in [7, 11) is -4.01. The second kappa shape index (κ2) is 10.7. The van der Waals surface area contributed by atoms with Gasteiger partial charge in [0.15, 0.2) is 0 Å². The molecule has 1 atom stereocenters. The molecule has 0 aromatic carbocycles. The third-order valence-electron chi connectivity index (χ3n) is 3.62. The van der Waals surface area contributed by atoms with E-state index in [1.165, 1.54) is 4.90 Å². The Hall–Kier alpha value is -1.19. The van der Waals surface area contributed by atoms with E-state index in [1.807, 2.05) is 0 Å². The molecule has 0 radical (unpaired) electrons. The summed E-state index contributed by atoms with van der Waals surface area (Å²) in [4.78, 5) is 24.6. The van der Waals surface area contributed by atoms with Crippen LogP contribution in [0, 0.1) is 0 Å². The fourth-order valence-corrected chi connectivity index (χ4v) is 4.31. The van der Waals surface area contributed by atoms with Gasteiger partial charge in [-0.2, -0.15) is 0 Å². The number of phosphoric acid groups is 1. The van der Waals surface area contributed by atoms with Crippen molar-refractivity contribution in [3.8, 4) is 0 Å². The number of hydrogen-bond donors (Lipinski definition) is 2. The van der Waals surface area contributed by atoms with Crippen LogP contribution in [-0.2, 0) is 27.7 Å². The highest BCUT2D eigenvalue weighted by Crippen LogP contribution is 2.55. The van der Waals surface area contributed by atoms with Gasteiger partial charge >= 0.3 is 19.9 Å². The number of phosphoric ester groups is 1. The summed E-state index contributed by atoms with van der Waals surface area (Å²) >= 11 is 0. The van der Waals surface area contributed by atoms with Gasteiger partial charge in [0, 0.05) is 19.1 Å². The van der Waals surface area contributed by atoms with Gasteiger partial charge in [-0.15, -0.1) is 0 Å². The number of carbonyl (C=O) groups is 2. The smallest absolute Gasteiger partial charge is 0.478 e. The minimum absolute atomic E-state index is 0.000982. The minimum Gasteiger partial charge on any atom is -0.481 e. The van der Waals surface area contributed by atoms with Crippen LogP contribution in [0.5, 0.6) is 0 Å². The van der Waals surface area contributed by atoms with Crippen LogP contribution in [0.25, 0.3) is 0 Å².